The minimum atomic E-state index is -0.288. The molecule has 0 unspecified atom stereocenters. The maximum atomic E-state index is 13.0. The highest BCUT2D eigenvalue weighted by molar-refractivity contribution is 6.05. The number of hydrogen-bond acceptors (Lipinski definition) is 6. The summed E-state index contributed by atoms with van der Waals surface area (Å²) >= 11 is 0. The maximum Gasteiger partial charge on any atom is 0.274 e. The summed E-state index contributed by atoms with van der Waals surface area (Å²) in [6.07, 6.45) is 6.92. The number of carbonyl (C=O) groups excluding carboxylic acids is 1. The average Bonchev–Trinajstić information content (AvgIpc) is 3.29. The van der Waals surface area contributed by atoms with Gasteiger partial charge in [-0.15, -0.1) is 0 Å². The van der Waals surface area contributed by atoms with Gasteiger partial charge in [-0.25, -0.2) is 9.97 Å². The van der Waals surface area contributed by atoms with Crippen molar-refractivity contribution < 1.29 is 4.79 Å². The van der Waals surface area contributed by atoms with Crippen molar-refractivity contribution in [2.45, 2.75) is 0 Å². The molecule has 5 rings (SSSR count). The van der Waals surface area contributed by atoms with Crippen LogP contribution < -0.4 is 15.5 Å². The quantitative estimate of drug-likeness (QED) is 0.488. The van der Waals surface area contributed by atoms with E-state index in [1.165, 1.54) is 0 Å². The zero-order valence-electron chi connectivity index (χ0n) is 16.3. The molecule has 4 heterocycles. The molecule has 1 aliphatic heterocycles. The predicted molar refractivity (Wildman–Crippen MR) is 117 cm³/mol. The van der Waals surface area contributed by atoms with Crippen LogP contribution in [0.4, 0.5) is 11.4 Å². The Morgan fingerprint density at radius 3 is 2.87 bits per heavy atom. The van der Waals surface area contributed by atoms with Gasteiger partial charge in [0.1, 0.15) is 5.69 Å². The van der Waals surface area contributed by atoms with Crippen LogP contribution in [-0.2, 0) is 0 Å². The molecule has 1 saturated heterocycles. The summed E-state index contributed by atoms with van der Waals surface area (Å²) in [5, 5.41) is 7.33. The molecule has 0 spiro atoms. The number of carbonyl (C=O) groups is 1. The van der Waals surface area contributed by atoms with Gasteiger partial charge in [0.2, 0.25) is 0 Å². The first kappa shape index (κ1) is 18.3. The zero-order chi connectivity index (χ0) is 20.3. The predicted octanol–water partition coefficient (Wildman–Crippen LogP) is 2.68. The standard InChI is InChI=1S/C22H21N7O/c30-22(28-19-14-24-7-6-20(19)29-12-10-23-11-13-29)18-5-9-26-21(27-18)16-2-1-3-17-15(16)4-8-25-17/h1-9,14,23,25H,10-13H2,(H,28,30). The number of fused-ring (bicyclic) bond motifs is 1. The van der Waals surface area contributed by atoms with Crippen molar-refractivity contribution >= 4 is 28.2 Å². The van der Waals surface area contributed by atoms with Gasteiger partial charge in [-0.3, -0.25) is 9.78 Å². The summed E-state index contributed by atoms with van der Waals surface area (Å²) in [7, 11) is 0. The molecule has 0 radical (unpaired) electrons. The second-order valence-electron chi connectivity index (χ2n) is 7.09. The Morgan fingerprint density at radius 1 is 1.07 bits per heavy atom. The van der Waals surface area contributed by atoms with Crippen LogP contribution in [0.3, 0.4) is 0 Å². The summed E-state index contributed by atoms with van der Waals surface area (Å²) in [5.41, 5.74) is 3.83. The number of amides is 1. The van der Waals surface area contributed by atoms with Crippen LogP contribution in [0.15, 0.2) is 61.2 Å². The summed E-state index contributed by atoms with van der Waals surface area (Å²) in [6.45, 7) is 3.59. The van der Waals surface area contributed by atoms with Crippen LogP contribution in [0.5, 0.6) is 0 Å². The number of piperazine rings is 1. The Hall–Kier alpha value is -3.78. The van der Waals surface area contributed by atoms with E-state index in [1.54, 1.807) is 24.7 Å². The number of hydrogen-bond donors (Lipinski definition) is 3. The topological polar surface area (TPSA) is 98.8 Å². The van der Waals surface area contributed by atoms with Gasteiger partial charge in [-0.05, 0) is 24.3 Å². The first-order valence-corrected chi connectivity index (χ1v) is 9.90. The van der Waals surface area contributed by atoms with Gasteiger partial charge in [-0.2, -0.15) is 0 Å². The molecule has 1 amide bonds. The molecule has 1 fully saturated rings. The fourth-order valence-electron chi connectivity index (χ4n) is 3.75. The third-order valence-corrected chi connectivity index (χ3v) is 5.23. The monoisotopic (exact) mass is 399 g/mol. The lowest BCUT2D eigenvalue weighted by molar-refractivity contribution is 0.102. The number of rotatable bonds is 4. The first-order chi connectivity index (χ1) is 14.8. The molecule has 1 aliphatic rings. The van der Waals surface area contributed by atoms with E-state index in [4.69, 9.17) is 0 Å². The fraction of sp³-hybridized carbons (Fsp3) is 0.182. The molecule has 8 heteroatoms. The largest absolute Gasteiger partial charge is 0.367 e. The normalized spacial score (nSPS) is 14.1. The van der Waals surface area contributed by atoms with E-state index >= 15 is 0 Å². The number of aromatic nitrogens is 4. The maximum absolute atomic E-state index is 13.0. The van der Waals surface area contributed by atoms with E-state index < -0.39 is 0 Å². The van der Waals surface area contributed by atoms with Gasteiger partial charge in [0, 0.05) is 61.2 Å². The summed E-state index contributed by atoms with van der Waals surface area (Å²) in [4.78, 5) is 31.5. The smallest absolute Gasteiger partial charge is 0.274 e. The van der Waals surface area contributed by atoms with E-state index in [2.05, 4.69) is 35.5 Å². The summed E-state index contributed by atoms with van der Waals surface area (Å²) in [5.74, 6) is 0.227. The highest BCUT2D eigenvalue weighted by atomic mass is 16.1. The van der Waals surface area contributed by atoms with Crippen molar-refractivity contribution in [1.29, 1.82) is 0 Å². The Balaban J connectivity index is 1.43. The minimum Gasteiger partial charge on any atom is -0.367 e. The van der Waals surface area contributed by atoms with Crippen molar-refractivity contribution in [3.63, 3.8) is 0 Å². The number of nitrogens with zero attached hydrogens (tertiary/aromatic N) is 4. The lowest BCUT2D eigenvalue weighted by Crippen LogP contribution is -2.43. The second-order valence-corrected chi connectivity index (χ2v) is 7.09. The van der Waals surface area contributed by atoms with Crippen LogP contribution in [0.25, 0.3) is 22.3 Å². The van der Waals surface area contributed by atoms with Crippen LogP contribution >= 0.6 is 0 Å². The second kappa shape index (κ2) is 7.92. The molecule has 1 aromatic carbocycles. The summed E-state index contributed by atoms with van der Waals surface area (Å²) in [6, 6.07) is 11.4. The van der Waals surface area contributed by atoms with E-state index in [0.717, 1.165) is 48.3 Å². The summed E-state index contributed by atoms with van der Waals surface area (Å²) < 4.78 is 0. The molecule has 0 atom stereocenters. The molecular formula is C22H21N7O. The molecule has 150 valence electrons. The van der Waals surface area contributed by atoms with Crippen molar-refractivity contribution in [3.8, 4) is 11.4 Å². The molecule has 30 heavy (non-hydrogen) atoms. The fourth-order valence-corrected chi connectivity index (χ4v) is 3.75. The van der Waals surface area contributed by atoms with Crippen LogP contribution in [0.2, 0.25) is 0 Å². The Bertz CT molecular complexity index is 1200. The van der Waals surface area contributed by atoms with Gasteiger partial charge in [0.25, 0.3) is 5.91 Å². The number of pyridine rings is 1. The van der Waals surface area contributed by atoms with Crippen molar-refractivity contribution in [2.75, 3.05) is 36.4 Å². The van der Waals surface area contributed by atoms with Crippen LogP contribution in [0.1, 0.15) is 10.5 Å². The first-order valence-electron chi connectivity index (χ1n) is 9.90. The van der Waals surface area contributed by atoms with E-state index in [0.29, 0.717) is 17.2 Å². The molecule has 3 aromatic heterocycles. The minimum absolute atomic E-state index is 0.288. The lowest BCUT2D eigenvalue weighted by Gasteiger charge is -2.30. The number of anilines is 2. The lowest BCUT2D eigenvalue weighted by atomic mass is 10.1. The molecule has 4 aromatic rings. The van der Waals surface area contributed by atoms with Crippen molar-refractivity contribution in [2.24, 2.45) is 0 Å². The van der Waals surface area contributed by atoms with Gasteiger partial charge in [0.05, 0.1) is 17.6 Å². The SMILES string of the molecule is O=C(Nc1cnccc1N1CCNCC1)c1ccnc(-c2cccc3[nH]ccc23)n1. The number of benzene rings is 1. The number of aromatic amines is 1. The van der Waals surface area contributed by atoms with Gasteiger partial charge in [0.15, 0.2) is 5.82 Å². The van der Waals surface area contributed by atoms with E-state index in [9.17, 15) is 4.79 Å². The molecule has 8 nitrogen and oxygen atoms in total. The van der Waals surface area contributed by atoms with Gasteiger partial charge >= 0.3 is 0 Å². The Labute approximate surface area is 173 Å². The Kier molecular flexibility index (Phi) is 4.82. The third-order valence-electron chi connectivity index (χ3n) is 5.23. The highest BCUT2D eigenvalue weighted by Crippen LogP contribution is 2.27. The van der Waals surface area contributed by atoms with Crippen molar-refractivity contribution in [1.82, 2.24) is 25.3 Å². The molecular weight excluding hydrogens is 378 g/mol. The molecule has 0 saturated carbocycles. The highest BCUT2D eigenvalue weighted by Gasteiger charge is 2.17. The Morgan fingerprint density at radius 2 is 1.97 bits per heavy atom. The molecule has 0 bridgehead atoms. The van der Waals surface area contributed by atoms with Gasteiger partial charge < -0.3 is 20.5 Å². The van der Waals surface area contributed by atoms with Crippen LogP contribution in [0, 0.1) is 0 Å². The molecule has 0 aliphatic carbocycles. The number of H-pyrrole nitrogens is 1. The van der Waals surface area contributed by atoms with Crippen molar-refractivity contribution in [3.05, 3.63) is 66.9 Å². The molecule has 3 N–H and O–H groups in total. The van der Waals surface area contributed by atoms with E-state index in [1.807, 2.05) is 36.5 Å². The number of nitrogens with one attached hydrogen (secondary N) is 3. The third kappa shape index (κ3) is 3.48. The van der Waals surface area contributed by atoms with Crippen LogP contribution in [-0.4, -0.2) is 52.0 Å². The zero-order valence-corrected chi connectivity index (χ0v) is 16.3. The van der Waals surface area contributed by atoms with E-state index in [-0.39, 0.29) is 5.91 Å². The van der Waals surface area contributed by atoms with Gasteiger partial charge in [-0.1, -0.05) is 12.1 Å². The average molecular weight is 399 g/mol.